The number of urea groups is 1. The summed E-state index contributed by atoms with van der Waals surface area (Å²) in [4.78, 5) is 11.5. The molecule has 0 aromatic rings. The summed E-state index contributed by atoms with van der Waals surface area (Å²) in [5, 5.41) is 5.75. The third kappa shape index (κ3) is 4.36. The molecule has 0 aliphatic heterocycles. The first-order valence-electron chi connectivity index (χ1n) is 5.96. The van der Waals surface area contributed by atoms with Gasteiger partial charge in [-0.2, -0.15) is 0 Å². The molecule has 1 aliphatic carbocycles. The van der Waals surface area contributed by atoms with E-state index < -0.39 is 0 Å². The fourth-order valence-electron chi connectivity index (χ4n) is 1.99. The van der Waals surface area contributed by atoms with Gasteiger partial charge in [0.25, 0.3) is 0 Å². The summed E-state index contributed by atoms with van der Waals surface area (Å²) in [6, 6.07) is 0.284. The number of carbonyl (C=O) groups excluding carboxylic acids is 1. The molecular formula is C12H22N2O. The van der Waals surface area contributed by atoms with E-state index in [0.29, 0.717) is 12.0 Å². The molecule has 2 unspecified atom stereocenters. The Morgan fingerprint density at radius 1 is 1.40 bits per heavy atom. The molecule has 86 valence electrons. The molecule has 0 heterocycles. The van der Waals surface area contributed by atoms with Crippen LogP contribution in [0.25, 0.3) is 0 Å². The highest BCUT2D eigenvalue weighted by Crippen LogP contribution is 2.23. The second kappa shape index (κ2) is 6.49. The average Bonchev–Trinajstić information content (AvgIpc) is 2.22. The van der Waals surface area contributed by atoms with Crippen molar-refractivity contribution >= 4 is 6.03 Å². The molecule has 0 bridgehead atoms. The molecule has 1 aliphatic rings. The van der Waals surface area contributed by atoms with E-state index in [9.17, 15) is 4.79 Å². The lowest BCUT2D eigenvalue weighted by Crippen LogP contribution is -2.44. The van der Waals surface area contributed by atoms with Crippen LogP contribution in [0.2, 0.25) is 0 Å². The summed E-state index contributed by atoms with van der Waals surface area (Å²) in [7, 11) is 0. The van der Waals surface area contributed by atoms with E-state index in [1.54, 1.807) is 6.20 Å². The number of amides is 2. The van der Waals surface area contributed by atoms with Crippen molar-refractivity contribution in [2.75, 3.05) is 0 Å². The molecule has 3 heteroatoms. The quantitative estimate of drug-likeness (QED) is 0.739. The van der Waals surface area contributed by atoms with Crippen molar-refractivity contribution in [2.45, 2.75) is 52.0 Å². The Labute approximate surface area is 92.3 Å². The zero-order valence-electron chi connectivity index (χ0n) is 9.75. The number of rotatable bonds is 3. The van der Waals surface area contributed by atoms with Crippen LogP contribution < -0.4 is 10.6 Å². The van der Waals surface area contributed by atoms with Crippen LogP contribution in [0.1, 0.15) is 46.0 Å². The van der Waals surface area contributed by atoms with Gasteiger partial charge in [0.15, 0.2) is 0 Å². The third-order valence-corrected chi connectivity index (χ3v) is 3.00. The molecule has 1 fully saturated rings. The van der Waals surface area contributed by atoms with Gasteiger partial charge < -0.3 is 10.6 Å². The molecule has 2 amide bonds. The highest BCUT2D eigenvalue weighted by atomic mass is 16.2. The molecule has 1 rings (SSSR count). The SMILES string of the molecule is CC/C=C/NC(=O)NC1CCCCC1C. The fraction of sp³-hybridized carbons (Fsp3) is 0.750. The van der Waals surface area contributed by atoms with Gasteiger partial charge in [0.05, 0.1) is 0 Å². The highest BCUT2D eigenvalue weighted by molar-refractivity contribution is 5.75. The van der Waals surface area contributed by atoms with E-state index in [-0.39, 0.29) is 6.03 Å². The maximum Gasteiger partial charge on any atom is 0.318 e. The van der Waals surface area contributed by atoms with E-state index in [2.05, 4.69) is 17.6 Å². The first-order valence-corrected chi connectivity index (χ1v) is 5.96. The van der Waals surface area contributed by atoms with Crippen molar-refractivity contribution in [3.63, 3.8) is 0 Å². The van der Waals surface area contributed by atoms with Crippen molar-refractivity contribution in [3.05, 3.63) is 12.3 Å². The fourth-order valence-corrected chi connectivity index (χ4v) is 1.99. The van der Waals surface area contributed by atoms with Gasteiger partial charge in [-0.15, -0.1) is 0 Å². The zero-order chi connectivity index (χ0) is 11.1. The highest BCUT2D eigenvalue weighted by Gasteiger charge is 2.22. The zero-order valence-corrected chi connectivity index (χ0v) is 9.75. The molecule has 1 saturated carbocycles. The predicted octanol–water partition coefficient (Wildman–Crippen LogP) is 2.79. The van der Waals surface area contributed by atoms with Gasteiger partial charge in [0.1, 0.15) is 0 Å². The van der Waals surface area contributed by atoms with Crippen LogP contribution in [-0.4, -0.2) is 12.1 Å². The normalized spacial score (nSPS) is 26.5. The molecule has 2 N–H and O–H groups in total. The van der Waals surface area contributed by atoms with Crippen molar-refractivity contribution in [1.82, 2.24) is 10.6 Å². The molecule has 0 spiro atoms. The Kier molecular flexibility index (Phi) is 5.22. The van der Waals surface area contributed by atoms with Gasteiger partial charge in [-0.25, -0.2) is 4.79 Å². The van der Waals surface area contributed by atoms with Crippen molar-refractivity contribution in [2.24, 2.45) is 5.92 Å². The largest absolute Gasteiger partial charge is 0.335 e. The minimum atomic E-state index is -0.0709. The minimum Gasteiger partial charge on any atom is -0.335 e. The molecule has 2 atom stereocenters. The Morgan fingerprint density at radius 3 is 2.80 bits per heavy atom. The lowest BCUT2D eigenvalue weighted by molar-refractivity contribution is 0.225. The summed E-state index contributed by atoms with van der Waals surface area (Å²) in [5.41, 5.74) is 0. The molecule has 0 aromatic carbocycles. The smallest absolute Gasteiger partial charge is 0.318 e. The van der Waals surface area contributed by atoms with E-state index in [1.165, 1.54) is 19.3 Å². The molecule has 0 saturated heterocycles. The van der Waals surface area contributed by atoms with Gasteiger partial charge in [0.2, 0.25) is 0 Å². The monoisotopic (exact) mass is 210 g/mol. The van der Waals surface area contributed by atoms with E-state index in [4.69, 9.17) is 0 Å². The second-order valence-corrected chi connectivity index (χ2v) is 4.30. The number of allylic oxidation sites excluding steroid dienone is 1. The maximum atomic E-state index is 11.5. The number of carbonyl (C=O) groups is 1. The van der Waals surface area contributed by atoms with Gasteiger partial charge in [-0.1, -0.05) is 32.8 Å². The molecule has 0 radical (unpaired) electrons. The van der Waals surface area contributed by atoms with Crippen LogP contribution >= 0.6 is 0 Å². The Hall–Kier alpha value is -0.990. The van der Waals surface area contributed by atoms with Crippen LogP contribution in [-0.2, 0) is 0 Å². The molecule has 15 heavy (non-hydrogen) atoms. The van der Waals surface area contributed by atoms with Crippen molar-refractivity contribution < 1.29 is 4.79 Å². The molecule has 3 nitrogen and oxygen atoms in total. The summed E-state index contributed by atoms with van der Waals surface area (Å²) in [5.74, 6) is 0.611. The molecular weight excluding hydrogens is 188 g/mol. The molecule has 0 aromatic heterocycles. The summed E-state index contributed by atoms with van der Waals surface area (Å²) in [6.45, 7) is 4.26. The van der Waals surface area contributed by atoms with Gasteiger partial charge in [-0.3, -0.25) is 0 Å². The Balaban J connectivity index is 2.26. The van der Waals surface area contributed by atoms with Gasteiger partial charge in [0, 0.05) is 12.2 Å². The van der Waals surface area contributed by atoms with Crippen LogP contribution in [0.5, 0.6) is 0 Å². The predicted molar refractivity (Wildman–Crippen MR) is 62.5 cm³/mol. The minimum absolute atomic E-state index is 0.0709. The summed E-state index contributed by atoms with van der Waals surface area (Å²) >= 11 is 0. The van der Waals surface area contributed by atoms with Crippen LogP contribution in [0.4, 0.5) is 4.79 Å². The van der Waals surface area contributed by atoms with E-state index >= 15 is 0 Å². The number of hydrogen-bond acceptors (Lipinski definition) is 1. The standard InChI is InChI=1S/C12H22N2O/c1-3-4-9-13-12(15)14-11-8-6-5-7-10(11)2/h4,9-11H,3,5-8H2,1-2H3,(H2,13,14,15)/b9-4+. The van der Waals surface area contributed by atoms with Gasteiger partial charge in [-0.05, 0) is 25.2 Å². The van der Waals surface area contributed by atoms with Crippen LogP contribution in [0, 0.1) is 5.92 Å². The second-order valence-electron chi connectivity index (χ2n) is 4.30. The first kappa shape index (κ1) is 12.1. The van der Waals surface area contributed by atoms with Crippen LogP contribution in [0.3, 0.4) is 0 Å². The summed E-state index contributed by atoms with van der Waals surface area (Å²) in [6.07, 6.45) is 9.48. The third-order valence-electron chi connectivity index (χ3n) is 3.00. The van der Waals surface area contributed by atoms with Crippen LogP contribution in [0.15, 0.2) is 12.3 Å². The Morgan fingerprint density at radius 2 is 2.13 bits per heavy atom. The van der Waals surface area contributed by atoms with Crippen molar-refractivity contribution in [1.29, 1.82) is 0 Å². The lowest BCUT2D eigenvalue weighted by atomic mass is 9.86. The van der Waals surface area contributed by atoms with E-state index in [1.807, 2.05) is 13.0 Å². The number of hydrogen-bond donors (Lipinski definition) is 2. The lowest BCUT2D eigenvalue weighted by Gasteiger charge is -2.29. The maximum absolute atomic E-state index is 11.5. The summed E-state index contributed by atoms with van der Waals surface area (Å²) < 4.78 is 0. The first-order chi connectivity index (χ1) is 7.24. The topological polar surface area (TPSA) is 41.1 Å². The van der Waals surface area contributed by atoms with Gasteiger partial charge >= 0.3 is 6.03 Å². The van der Waals surface area contributed by atoms with Crippen molar-refractivity contribution in [3.8, 4) is 0 Å². The Bertz CT molecular complexity index is 226. The number of nitrogens with one attached hydrogen (secondary N) is 2. The average molecular weight is 210 g/mol. The van der Waals surface area contributed by atoms with E-state index in [0.717, 1.165) is 12.8 Å².